The molecule has 1 aromatic heterocycles. The summed E-state index contributed by atoms with van der Waals surface area (Å²) in [6.45, 7) is 2.68. The molecule has 0 aliphatic heterocycles. The number of nitro benzene ring substituents is 1. The highest BCUT2D eigenvalue weighted by Gasteiger charge is 2.39. The standard InChI is InChI=1S/C13H14N2O5S/c1-13(2,21(3,19)20)12(16)10-7-14-11-6-8(15(17)18)4-5-9(10)11/h4-7,14H,1-3H3. The Balaban J connectivity index is 2.59. The molecule has 0 atom stereocenters. The van der Waals surface area contributed by atoms with Gasteiger partial charge in [-0.15, -0.1) is 0 Å². The van der Waals surface area contributed by atoms with E-state index >= 15 is 0 Å². The van der Waals surface area contributed by atoms with Crippen molar-refractivity contribution in [2.75, 3.05) is 6.26 Å². The smallest absolute Gasteiger partial charge is 0.271 e. The van der Waals surface area contributed by atoms with Crippen molar-refractivity contribution in [3.8, 4) is 0 Å². The number of nitrogens with one attached hydrogen (secondary N) is 1. The van der Waals surface area contributed by atoms with Crippen molar-refractivity contribution < 1.29 is 18.1 Å². The van der Waals surface area contributed by atoms with E-state index < -0.39 is 25.3 Å². The molecule has 21 heavy (non-hydrogen) atoms. The fraction of sp³-hybridized carbons (Fsp3) is 0.308. The van der Waals surface area contributed by atoms with Gasteiger partial charge in [0.05, 0.1) is 10.4 Å². The van der Waals surface area contributed by atoms with Crippen LogP contribution in [0.5, 0.6) is 0 Å². The summed E-state index contributed by atoms with van der Waals surface area (Å²) in [4.78, 5) is 25.4. The zero-order chi connectivity index (χ0) is 16.0. The van der Waals surface area contributed by atoms with E-state index in [-0.39, 0.29) is 11.3 Å². The normalized spacial score (nSPS) is 12.5. The largest absolute Gasteiger partial charge is 0.360 e. The second-order valence-corrected chi connectivity index (χ2v) is 7.87. The van der Waals surface area contributed by atoms with Gasteiger partial charge in [0.2, 0.25) is 0 Å². The first kappa shape index (κ1) is 15.2. The molecule has 0 spiro atoms. The number of H-pyrrole nitrogens is 1. The lowest BCUT2D eigenvalue weighted by atomic mass is 9.99. The van der Waals surface area contributed by atoms with E-state index in [1.54, 1.807) is 0 Å². The first-order chi connectivity index (χ1) is 9.55. The molecule has 0 radical (unpaired) electrons. The van der Waals surface area contributed by atoms with Gasteiger partial charge in [-0.1, -0.05) is 0 Å². The summed E-state index contributed by atoms with van der Waals surface area (Å²) >= 11 is 0. The van der Waals surface area contributed by atoms with Crippen LogP contribution in [0, 0.1) is 10.1 Å². The lowest BCUT2D eigenvalue weighted by Crippen LogP contribution is -2.39. The van der Waals surface area contributed by atoms with Crippen LogP contribution >= 0.6 is 0 Å². The van der Waals surface area contributed by atoms with E-state index in [9.17, 15) is 23.3 Å². The Morgan fingerprint density at radius 2 is 1.95 bits per heavy atom. The SMILES string of the molecule is CC(C)(C(=O)c1c[nH]c2cc([N+](=O)[O-])ccc12)S(C)(=O)=O. The lowest BCUT2D eigenvalue weighted by Gasteiger charge is -2.20. The summed E-state index contributed by atoms with van der Waals surface area (Å²) < 4.78 is 21.9. The van der Waals surface area contributed by atoms with E-state index in [2.05, 4.69) is 4.98 Å². The van der Waals surface area contributed by atoms with Gasteiger partial charge < -0.3 is 4.98 Å². The molecule has 7 nitrogen and oxygen atoms in total. The maximum atomic E-state index is 12.5. The van der Waals surface area contributed by atoms with Crippen molar-refractivity contribution in [1.29, 1.82) is 0 Å². The summed E-state index contributed by atoms with van der Waals surface area (Å²) in [5, 5.41) is 11.2. The Hall–Kier alpha value is -2.22. The molecule has 2 rings (SSSR count). The number of Topliss-reactive ketones (excluding diaryl/α,β-unsaturated/α-hetero) is 1. The fourth-order valence-electron chi connectivity index (χ4n) is 1.91. The number of fused-ring (bicyclic) bond motifs is 1. The quantitative estimate of drug-likeness (QED) is 0.528. The van der Waals surface area contributed by atoms with Crippen LogP contribution in [-0.4, -0.2) is 35.1 Å². The minimum absolute atomic E-state index is 0.106. The summed E-state index contributed by atoms with van der Waals surface area (Å²) in [5.74, 6) is -0.551. The van der Waals surface area contributed by atoms with Crippen molar-refractivity contribution in [2.24, 2.45) is 0 Å². The van der Waals surface area contributed by atoms with Gasteiger partial charge in [0.1, 0.15) is 4.75 Å². The van der Waals surface area contributed by atoms with Crippen LogP contribution in [0.1, 0.15) is 24.2 Å². The third kappa shape index (κ3) is 2.42. The number of nitrogens with zero attached hydrogens (tertiary/aromatic N) is 1. The van der Waals surface area contributed by atoms with Crippen molar-refractivity contribution in [2.45, 2.75) is 18.6 Å². The Bertz CT molecular complexity index is 849. The second-order valence-electron chi connectivity index (χ2n) is 5.30. The van der Waals surface area contributed by atoms with Crippen molar-refractivity contribution in [3.63, 3.8) is 0 Å². The van der Waals surface area contributed by atoms with Gasteiger partial charge in [-0.3, -0.25) is 14.9 Å². The van der Waals surface area contributed by atoms with Crippen molar-refractivity contribution in [3.05, 3.63) is 40.1 Å². The number of carbonyl (C=O) groups excluding carboxylic acids is 1. The number of non-ortho nitro benzene ring substituents is 1. The first-order valence-corrected chi connectivity index (χ1v) is 7.95. The average Bonchev–Trinajstić information content (AvgIpc) is 2.78. The average molecular weight is 310 g/mol. The minimum atomic E-state index is -3.59. The number of hydrogen-bond acceptors (Lipinski definition) is 5. The van der Waals surface area contributed by atoms with E-state index in [4.69, 9.17) is 0 Å². The Labute approximate surface area is 121 Å². The van der Waals surface area contributed by atoms with Crippen LogP contribution < -0.4 is 0 Å². The molecule has 0 saturated heterocycles. The molecule has 0 unspecified atom stereocenters. The van der Waals surface area contributed by atoms with Gasteiger partial charge in [-0.2, -0.15) is 0 Å². The summed E-state index contributed by atoms with van der Waals surface area (Å²) in [6, 6.07) is 4.02. The maximum absolute atomic E-state index is 12.5. The van der Waals surface area contributed by atoms with Crippen LogP contribution in [0.15, 0.2) is 24.4 Å². The number of hydrogen-bond donors (Lipinski definition) is 1. The second kappa shape index (κ2) is 4.66. The molecule has 0 aliphatic carbocycles. The van der Waals surface area contributed by atoms with Crippen LogP contribution in [-0.2, 0) is 9.84 Å². The van der Waals surface area contributed by atoms with Crippen LogP contribution in [0.25, 0.3) is 10.9 Å². The number of aromatic nitrogens is 1. The third-order valence-corrected chi connectivity index (χ3v) is 5.63. The molecule has 0 aliphatic rings. The van der Waals surface area contributed by atoms with Gasteiger partial charge >= 0.3 is 0 Å². The first-order valence-electron chi connectivity index (χ1n) is 6.05. The number of sulfone groups is 1. The maximum Gasteiger partial charge on any atom is 0.271 e. The minimum Gasteiger partial charge on any atom is -0.360 e. The molecule has 1 N–H and O–H groups in total. The zero-order valence-corrected chi connectivity index (χ0v) is 12.5. The molecule has 0 saturated carbocycles. The van der Waals surface area contributed by atoms with Gasteiger partial charge in [-0.05, 0) is 19.9 Å². The molecule has 2 aromatic rings. The predicted molar refractivity (Wildman–Crippen MR) is 78.2 cm³/mol. The molecule has 0 bridgehead atoms. The lowest BCUT2D eigenvalue weighted by molar-refractivity contribution is -0.384. The molecule has 112 valence electrons. The highest BCUT2D eigenvalue weighted by atomic mass is 32.2. The Kier molecular flexibility index (Phi) is 3.37. The molecular formula is C13H14N2O5S. The number of nitro groups is 1. The summed E-state index contributed by atoms with van der Waals surface area (Å²) in [7, 11) is -3.59. The van der Waals surface area contributed by atoms with Gasteiger partial charge in [-0.25, -0.2) is 8.42 Å². The predicted octanol–water partition coefficient (Wildman–Crippen LogP) is 2.08. The van der Waals surface area contributed by atoms with Crippen molar-refractivity contribution >= 4 is 32.2 Å². The monoisotopic (exact) mass is 310 g/mol. The number of ketones is 1. The Morgan fingerprint density at radius 1 is 1.33 bits per heavy atom. The van der Waals surface area contributed by atoms with Crippen LogP contribution in [0.3, 0.4) is 0 Å². The van der Waals surface area contributed by atoms with Crippen molar-refractivity contribution in [1.82, 2.24) is 4.98 Å². The highest BCUT2D eigenvalue weighted by molar-refractivity contribution is 7.92. The fourth-order valence-corrected chi connectivity index (χ4v) is 2.36. The van der Waals surface area contributed by atoms with Gasteiger partial charge in [0.25, 0.3) is 5.69 Å². The zero-order valence-electron chi connectivity index (χ0n) is 11.7. The van der Waals surface area contributed by atoms with E-state index in [1.807, 2.05) is 0 Å². The van der Waals surface area contributed by atoms with Gasteiger partial charge in [0, 0.05) is 35.5 Å². The molecule has 0 amide bonds. The Morgan fingerprint density at radius 3 is 2.48 bits per heavy atom. The van der Waals surface area contributed by atoms with Crippen LogP contribution in [0.4, 0.5) is 5.69 Å². The molecular weight excluding hydrogens is 296 g/mol. The molecule has 1 aromatic carbocycles. The number of aromatic amines is 1. The van der Waals surface area contributed by atoms with E-state index in [0.717, 1.165) is 6.26 Å². The number of rotatable bonds is 4. The molecule has 0 fully saturated rings. The van der Waals surface area contributed by atoms with E-state index in [1.165, 1.54) is 38.2 Å². The summed E-state index contributed by atoms with van der Waals surface area (Å²) in [5.41, 5.74) is 0.512. The third-order valence-electron chi connectivity index (χ3n) is 3.59. The molecule has 8 heteroatoms. The topological polar surface area (TPSA) is 110 Å². The number of benzene rings is 1. The molecule has 1 heterocycles. The highest BCUT2D eigenvalue weighted by Crippen LogP contribution is 2.28. The summed E-state index contributed by atoms with van der Waals surface area (Å²) in [6.07, 6.45) is 2.38. The number of carbonyl (C=O) groups is 1. The van der Waals surface area contributed by atoms with E-state index in [0.29, 0.717) is 10.9 Å². The van der Waals surface area contributed by atoms with Gasteiger partial charge in [0.15, 0.2) is 15.6 Å². The van der Waals surface area contributed by atoms with Crippen LogP contribution in [0.2, 0.25) is 0 Å².